The second-order valence-electron chi connectivity index (χ2n) is 4.07. The molecule has 2 rings (SSSR count). The first-order chi connectivity index (χ1) is 9.67. The minimum Gasteiger partial charge on any atom is -0.444 e. The molecule has 0 saturated heterocycles. The summed E-state index contributed by atoms with van der Waals surface area (Å²) in [4.78, 5) is 4.05. The molecule has 0 spiro atoms. The van der Waals surface area contributed by atoms with Gasteiger partial charge in [0, 0.05) is 26.7 Å². The molecule has 2 aromatic heterocycles. The zero-order valence-electron chi connectivity index (χ0n) is 11.4. The van der Waals surface area contributed by atoms with Crippen molar-refractivity contribution >= 4 is 7.60 Å². The van der Waals surface area contributed by atoms with Crippen molar-refractivity contribution in [2.24, 2.45) is 0 Å². The molecule has 8 heteroatoms. The van der Waals surface area contributed by atoms with Gasteiger partial charge in [-0.2, -0.15) is 0 Å². The molecule has 7 nitrogen and oxygen atoms in total. The van der Waals surface area contributed by atoms with Crippen LogP contribution in [0.3, 0.4) is 0 Å². The van der Waals surface area contributed by atoms with Crippen LogP contribution in [0.25, 0.3) is 11.5 Å². The summed E-state index contributed by atoms with van der Waals surface area (Å²) in [5.74, 6) is 0.535. The summed E-state index contributed by atoms with van der Waals surface area (Å²) in [6.07, 6.45) is 7.61. The van der Waals surface area contributed by atoms with Crippen molar-refractivity contribution < 1.29 is 22.7 Å². The van der Waals surface area contributed by atoms with Gasteiger partial charge in [0.1, 0.15) is 12.5 Å². The van der Waals surface area contributed by atoms with Gasteiger partial charge >= 0.3 is 7.60 Å². The normalized spacial score (nSPS) is 11.7. The smallest absolute Gasteiger partial charge is 0.330 e. The van der Waals surface area contributed by atoms with E-state index in [0.29, 0.717) is 25.0 Å². The molecule has 0 aliphatic rings. The average Bonchev–Trinajstić information content (AvgIpc) is 3.02. The van der Waals surface area contributed by atoms with Crippen LogP contribution >= 0.6 is 7.60 Å². The summed E-state index contributed by atoms with van der Waals surface area (Å²) in [5, 5.41) is 4.25. The highest BCUT2D eigenvalue weighted by molar-refractivity contribution is 7.53. The topological polar surface area (TPSA) is 78.3 Å². The molecule has 108 valence electrons. The Hall–Kier alpha value is -1.56. The largest absolute Gasteiger partial charge is 0.444 e. The summed E-state index contributed by atoms with van der Waals surface area (Å²) >= 11 is 0. The third-order valence-corrected chi connectivity index (χ3v) is 4.80. The fraction of sp³-hybridized carbons (Fsp3) is 0.417. The molecular formula is C12H17N3O4P+. The maximum absolute atomic E-state index is 11.9. The van der Waals surface area contributed by atoms with Gasteiger partial charge in [0.25, 0.3) is 0 Å². The van der Waals surface area contributed by atoms with Gasteiger partial charge in [0.05, 0.1) is 17.9 Å². The third-order valence-electron chi connectivity index (χ3n) is 2.83. The highest BCUT2D eigenvalue weighted by Gasteiger charge is 2.21. The van der Waals surface area contributed by atoms with Gasteiger partial charge in [-0.3, -0.25) is 4.57 Å². The van der Waals surface area contributed by atoms with Gasteiger partial charge in [-0.1, -0.05) is 4.68 Å². The SMILES string of the molecule is COP(=O)(CCC[n+]1ccc(-c2ncco2)cn1)OC. The van der Waals surface area contributed by atoms with Gasteiger partial charge in [-0.05, 0) is 5.10 Å². The Morgan fingerprint density at radius 1 is 1.40 bits per heavy atom. The van der Waals surface area contributed by atoms with Crippen LogP contribution in [0, 0.1) is 0 Å². The first-order valence-electron chi connectivity index (χ1n) is 6.13. The van der Waals surface area contributed by atoms with Crippen LogP contribution in [0.5, 0.6) is 0 Å². The van der Waals surface area contributed by atoms with Crippen LogP contribution in [0.1, 0.15) is 6.42 Å². The Bertz CT molecular complexity index is 563. The number of hydrogen-bond donors (Lipinski definition) is 0. The Morgan fingerprint density at radius 3 is 2.75 bits per heavy atom. The Balaban J connectivity index is 1.90. The highest BCUT2D eigenvalue weighted by Crippen LogP contribution is 2.46. The number of aryl methyl sites for hydroxylation is 1. The number of aromatic nitrogens is 3. The fourth-order valence-electron chi connectivity index (χ4n) is 1.69. The van der Waals surface area contributed by atoms with Crippen LogP contribution in [0.2, 0.25) is 0 Å². The van der Waals surface area contributed by atoms with Crippen molar-refractivity contribution in [1.82, 2.24) is 10.1 Å². The van der Waals surface area contributed by atoms with Gasteiger partial charge < -0.3 is 13.5 Å². The van der Waals surface area contributed by atoms with E-state index in [4.69, 9.17) is 13.5 Å². The molecule has 0 aliphatic heterocycles. The number of nitrogens with zero attached hydrogens (tertiary/aromatic N) is 3. The minimum absolute atomic E-state index is 0.357. The third kappa shape index (κ3) is 3.72. The molecule has 0 atom stereocenters. The second-order valence-corrected chi connectivity index (χ2v) is 6.47. The molecule has 0 aromatic carbocycles. The maximum atomic E-state index is 11.9. The zero-order valence-corrected chi connectivity index (χ0v) is 12.3. The number of oxazole rings is 1. The van der Waals surface area contributed by atoms with Crippen molar-refractivity contribution in [2.45, 2.75) is 13.0 Å². The lowest BCUT2D eigenvalue weighted by Crippen LogP contribution is -2.37. The molecule has 0 amide bonds. The predicted octanol–water partition coefficient (Wildman–Crippen LogP) is 1.90. The van der Waals surface area contributed by atoms with Gasteiger partial charge in [-0.15, -0.1) is 0 Å². The van der Waals surface area contributed by atoms with E-state index in [0.717, 1.165) is 5.56 Å². The van der Waals surface area contributed by atoms with E-state index < -0.39 is 7.60 Å². The lowest BCUT2D eigenvalue weighted by atomic mass is 10.3. The molecule has 0 aliphatic carbocycles. The lowest BCUT2D eigenvalue weighted by molar-refractivity contribution is -0.753. The lowest BCUT2D eigenvalue weighted by Gasteiger charge is -2.11. The first-order valence-corrected chi connectivity index (χ1v) is 7.86. The van der Waals surface area contributed by atoms with Crippen molar-refractivity contribution in [1.29, 1.82) is 0 Å². The zero-order chi connectivity index (χ0) is 14.4. The Kier molecular flexibility index (Phi) is 5.00. The summed E-state index contributed by atoms with van der Waals surface area (Å²) < 4.78 is 28.5. The standard InChI is InChI=1S/C12H17N3O4P/c1-17-20(16,18-2)9-3-6-15-7-4-11(10-14-15)12-13-5-8-19-12/h4-5,7-8,10H,3,6,9H2,1-2H3/q+1. The average molecular weight is 298 g/mol. The van der Waals surface area contributed by atoms with Crippen molar-refractivity contribution in [3.05, 3.63) is 30.9 Å². The summed E-state index contributed by atoms with van der Waals surface area (Å²) in [5.41, 5.74) is 0.811. The molecule has 0 fully saturated rings. The molecule has 2 heterocycles. The monoisotopic (exact) mass is 298 g/mol. The van der Waals surface area contributed by atoms with E-state index in [1.165, 1.54) is 20.5 Å². The molecular weight excluding hydrogens is 281 g/mol. The molecule has 0 unspecified atom stereocenters. The quantitative estimate of drug-likeness (QED) is 0.574. The maximum Gasteiger partial charge on any atom is 0.330 e. The first kappa shape index (κ1) is 14.8. The van der Waals surface area contributed by atoms with Crippen LogP contribution in [-0.2, 0) is 20.2 Å². The van der Waals surface area contributed by atoms with Gasteiger partial charge in [-0.25, -0.2) is 4.98 Å². The number of rotatable bonds is 7. The van der Waals surface area contributed by atoms with Gasteiger partial charge in [0.2, 0.25) is 5.89 Å². The van der Waals surface area contributed by atoms with E-state index in [9.17, 15) is 4.57 Å². The van der Waals surface area contributed by atoms with Crippen LogP contribution < -0.4 is 4.68 Å². The van der Waals surface area contributed by atoms with Crippen molar-refractivity contribution in [2.75, 3.05) is 20.4 Å². The molecule has 0 bridgehead atoms. The summed E-state index contributed by atoms with van der Waals surface area (Å²) in [6, 6.07) is 1.87. The fourth-order valence-corrected chi connectivity index (χ4v) is 2.74. The molecule has 0 saturated carbocycles. The van der Waals surface area contributed by atoms with E-state index in [-0.39, 0.29) is 0 Å². The molecule has 0 N–H and O–H groups in total. The van der Waals surface area contributed by atoms with Gasteiger partial charge in [0.15, 0.2) is 12.7 Å². The molecule has 20 heavy (non-hydrogen) atoms. The van der Waals surface area contributed by atoms with E-state index in [1.807, 2.05) is 12.3 Å². The predicted molar refractivity (Wildman–Crippen MR) is 71.0 cm³/mol. The molecule has 0 radical (unpaired) electrons. The van der Waals surface area contributed by atoms with Crippen LogP contribution in [-0.4, -0.2) is 30.5 Å². The minimum atomic E-state index is -2.93. The van der Waals surface area contributed by atoms with E-state index in [2.05, 4.69) is 10.1 Å². The van der Waals surface area contributed by atoms with E-state index in [1.54, 1.807) is 17.1 Å². The number of hydrogen-bond acceptors (Lipinski definition) is 6. The highest BCUT2D eigenvalue weighted by atomic mass is 31.2. The molecule has 2 aromatic rings. The van der Waals surface area contributed by atoms with Crippen LogP contribution in [0.15, 0.2) is 35.3 Å². The van der Waals surface area contributed by atoms with Crippen molar-refractivity contribution in [3.8, 4) is 11.5 Å². The summed E-state index contributed by atoms with van der Waals surface area (Å²) in [7, 11) is -0.154. The Morgan fingerprint density at radius 2 is 2.20 bits per heavy atom. The summed E-state index contributed by atoms with van der Waals surface area (Å²) in [6.45, 7) is 0.628. The second kappa shape index (κ2) is 6.74. The van der Waals surface area contributed by atoms with Crippen LogP contribution in [0.4, 0.5) is 0 Å². The van der Waals surface area contributed by atoms with Crippen molar-refractivity contribution in [3.63, 3.8) is 0 Å². The Labute approximate surface area is 117 Å². The van der Waals surface area contributed by atoms with E-state index >= 15 is 0 Å².